The predicted molar refractivity (Wildman–Crippen MR) is 140 cm³/mol. The number of carbonyl (C=O) groups is 1. The lowest BCUT2D eigenvalue weighted by Gasteiger charge is -2.28. The Kier molecular flexibility index (Phi) is 15.8. The SMILES string of the molecule is O=C(O)CCCCCCC[C@H](OCc1ccccc1)[C@H](CCCCCCO)OCc1ccccc1. The molecule has 5 nitrogen and oxygen atoms in total. The zero-order valence-electron chi connectivity index (χ0n) is 21.2. The third-order valence-electron chi connectivity index (χ3n) is 6.30. The summed E-state index contributed by atoms with van der Waals surface area (Å²) >= 11 is 0. The van der Waals surface area contributed by atoms with Crippen LogP contribution in [0.3, 0.4) is 0 Å². The highest BCUT2D eigenvalue weighted by molar-refractivity contribution is 5.66. The molecule has 2 aromatic carbocycles. The van der Waals surface area contributed by atoms with Gasteiger partial charge in [0.25, 0.3) is 0 Å². The molecule has 0 amide bonds. The summed E-state index contributed by atoms with van der Waals surface area (Å²) in [7, 11) is 0. The Bertz CT molecular complexity index is 765. The fourth-order valence-electron chi connectivity index (χ4n) is 4.27. The Morgan fingerprint density at radius 1 is 0.629 bits per heavy atom. The summed E-state index contributed by atoms with van der Waals surface area (Å²) in [6, 6.07) is 20.6. The zero-order valence-corrected chi connectivity index (χ0v) is 21.2. The number of aliphatic carboxylic acids is 1. The summed E-state index contributed by atoms with van der Waals surface area (Å²) in [6.07, 6.45) is 11.1. The molecule has 0 radical (unpaired) electrons. The fourth-order valence-corrected chi connectivity index (χ4v) is 4.27. The summed E-state index contributed by atoms with van der Waals surface area (Å²) in [5.74, 6) is -0.711. The molecule has 194 valence electrons. The number of hydrogen-bond donors (Lipinski definition) is 2. The summed E-state index contributed by atoms with van der Waals surface area (Å²) in [5.41, 5.74) is 2.33. The second-order valence-corrected chi connectivity index (χ2v) is 9.30. The van der Waals surface area contributed by atoms with E-state index in [1.807, 2.05) is 36.4 Å². The van der Waals surface area contributed by atoms with Crippen LogP contribution in [0.5, 0.6) is 0 Å². The van der Waals surface area contributed by atoms with Crippen molar-refractivity contribution < 1.29 is 24.5 Å². The molecule has 35 heavy (non-hydrogen) atoms. The average molecular weight is 485 g/mol. The molecule has 0 unspecified atom stereocenters. The van der Waals surface area contributed by atoms with Crippen LogP contribution in [0.15, 0.2) is 60.7 Å². The predicted octanol–water partition coefficient (Wildman–Crippen LogP) is 6.92. The van der Waals surface area contributed by atoms with Crippen molar-refractivity contribution in [2.45, 2.75) is 102 Å². The van der Waals surface area contributed by atoms with E-state index in [0.29, 0.717) is 13.2 Å². The lowest BCUT2D eigenvalue weighted by Crippen LogP contribution is -2.32. The molecule has 0 fully saturated rings. The van der Waals surface area contributed by atoms with Gasteiger partial charge in [-0.05, 0) is 36.8 Å². The fraction of sp³-hybridized carbons (Fsp3) is 0.567. The third kappa shape index (κ3) is 14.1. The number of ether oxygens (including phenoxy) is 2. The van der Waals surface area contributed by atoms with Crippen LogP contribution in [-0.2, 0) is 27.5 Å². The number of rotatable bonds is 21. The summed E-state index contributed by atoms with van der Waals surface area (Å²) in [6.45, 7) is 1.39. The highest BCUT2D eigenvalue weighted by atomic mass is 16.5. The Labute approximate surface area is 211 Å². The smallest absolute Gasteiger partial charge is 0.303 e. The first-order valence-corrected chi connectivity index (χ1v) is 13.3. The molecule has 0 saturated heterocycles. The van der Waals surface area contributed by atoms with Gasteiger partial charge in [-0.25, -0.2) is 0 Å². The van der Waals surface area contributed by atoms with E-state index in [-0.39, 0.29) is 25.2 Å². The maximum absolute atomic E-state index is 10.7. The average Bonchev–Trinajstić information content (AvgIpc) is 2.88. The van der Waals surface area contributed by atoms with Crippen LogP contribution in [0.2, 0.25) is 0 Å². The molecule has 2 N–H and O–H groups in total. The van der Waals surface area contributed by atoms with Crippen molar-refractivity contribution in [2.75, 3.05) is 6.61 Å². The van der Waals surface area contributed by atoms with Gasteiger partial charge in [-0.2, -0.15) is 0 Å². The molecular weight excluding hydrogens is 440 g/mol. The summed E-state index contributed by atoms with van der Waals surface area (Å²) < 4.78 is 12.9. The molecule has 2 aromatic rings. The molecule has 0 aliphatic carbocycles. The molecule has 0 saturated carbocycles. The highest BCUT2D eigenvalue weighted by Crippen LogP contribution is 2.22. The maximum atomic E-state index is 10.7. The quantitative estimate of drug-likeness (QED) is 0.188. The monoisotopic (exact) mass is 484 g/mol. The van der Waals surface area contributed by atoms with Crippen LogP contribution >= 0.6 is 0 Å². The van der Waals surface area contributed by atoms with Gasteiger partial charge >= 0.3 is 5.97 Å². The normalized spacial score (nSPS) is 12.9. The van der Waals surface area contributed by atoms with Gasteiger partial charge in [0.1, 0.15) is 0 Å². The van der Waals surface area contributed by atoms with Crippen LogP contribution in [0.1, 0.15) is 88.2 Å². The first-order chi connectivity index (χ1) is 17.2. The molecule has 0 aliphatic heterocycles. The van der Waals surface area contributed by atoms with Gasteiger partial charge in [-0.3, -0.25) is 4.79 Å². The molecular formula is C30H44O5. The number of aliphatic hydroxyl groups excluding tert-OH is 1. The topological polar surface area (TPSA) is 76.0 Å². The molecule has 0 aromatic heterocycles. The number of carboxylic acids is 1. The van der Waals surface area contributed by atoms with E-state index >= 15 is 0 Å². The van der Waals surface area contributed by atoms with Crippen molar-refractivity contribution in [3.05, 3.63) is 71.8 Å². The third-order valence-corrected chi connectivity index (χ3v) is 6.30. The molecule has 5 heteroatoms. The van der Waals surface area contributed by atoms with E-state index in [1.54, 1.807) is 0 Å². The highest BCUT2D eigenvalue weighted by Gasteiger charge is 2.23. The van der Waals surface area contributed by atoms with Crippen molar-refractivity contribution in [2.24, 2.45) is 0 Å². The van der Waals surface area contributed by atoms with Crippen LogP contribution < -0.4 is 0 Å². The van der Waals surface area contributed by atoms with Crippen molar-refractivity contribution >= 4 is 5.97 Å². The lowest BCUT2D eigenvalue weighted by molar-refractivity contribution is -0.137. The van der Waals surface area contributed by atoms with E-state index in [4.69, 9.17) is 19.7 Å². The number of unbranched alkanes of at least 4 members (excludes halogenated alkanes) is 7. The summed E-state index contributed by atoms with van der Waals surface area (Å²) in [5, 5.41) is 17.9. The molecule has 0 aliphatic rings. The largest absolute Gasteiger partial charge is 0.481 e. The molecule has 0 spiro atoms. The van der Waals surface area contributed by atoms with Crippen LogP contribution in [0, 0.1) is 0 Å². The van der Waals surface area contributed by atoms with Crippen molar-refractivity contribution in [3.8, 4) is 0 Å². The number of benzene rings is 2. The maximum Gasteiger partial charge on any atom is 0.303 e. The minimum absolute atomic E-state index is 0.00998. The van der Waals surface area contributed by atoms with Gasteiger partial charge < -0.3 is 19.7 Å². The zero-order chi connectivity index (χ0) is 25.0. The first kappa shape index (κ1) is 29.0. The van der Waals surface area contributed by atoms with E-state index in [2.05, 4.69) is 24.3 Å². The van der Waals surface area contributed by atoms with Gasteiger partial charge in [0, 0.05) is 13.0 Å². The van der Waals surface area contributed by atoms with Crippen molar-refractivity contribution in [1.82, 2.24) is 0 Å². The summed E-state index contributed by atoms with van der Waals surface area (Å²) in [4.78, 5) is 10.7. The Hall–Kier alpha value is -2.21. The van der Waals surface area contributed by atoms with E-state index in [1.165, 1.54) is 0 Å². The van der Waals surface area contributed by atoms with Gasteiger partial charge in [0.15, 0.2) is 0 Å². The Morgan fingerprint density at radius 2 is 1.06 bits per heavy atom. The van der Waals surface area contributed by atoms with E-state index in [0.717, 1.165) is 81.8 Å². The second-order valence-electron chi connectivity index (χ2n) is 9.30. The molecule has 2 rings (SSSR count). The second kappa shape index (κ2) is 19.0. The van der Waals surface area contributed by atoms with Gasteiger partial charge in [0.2, 0.25) is 0 Å². The van der Waals surface area contributed by atoms with Crippen LogP contribution in [0.25, 0.3) is 0 Å². The Balaban J connectivity index is 1.95. The number of hydrogen-bond acceptors (Lipinski definition) is 4. The number of carboxylic acid groups (broad SMARTS) is 1. The minimum Gasteiger partial charge on any atom is -0.481 e. The minimum atomic E-state index is -0.711. The molecule has 0 heterocycles. The van der Waals surface area contributed by atoms with Gasteiger partial charge in [-0.15, -0.1) is 0 Å². The van der Waals surface area contributed by atoms with E-state index in [9.17, 15) is 4.79 Å². The van der Waals surface area contributed by atoms with E-state index < -0.39 is 5.97 Å². The number of aliphatic hydroxyl groups is 1. The molecule has 2 atom stereocenters. The van der Waals surface area contributed by atoms with Crippen molar-refractivity contribution in [3.63, 3.8) is 0 Å². The Morgan fingerprint density at radius 3 is 1.51 bits per heavy atom. The van der Waals surface area contributed by atoms with Gasteiger partial charge in [0.05, 0.1) is 25.4 Å². The van der Waals surface area contributed by atoms with Crippen LogP contribution in [0.4, 0.5) is 0 Å². The standard InChI is InChI=1S/C30H44O5/c31-23-15-5-4-13-21-29(35-25-27-18-10-7-11-19-27)28(34-24-26-16-8-6-9-17-26)20-12-2-1-3-14-22-30(32)33/h6-11,16-19,28-29,31H,1-5,12-15,20-25H2,(H,32,33)/t28-,29-/m0/s1. The van der Waals surface area contributed by atoms with Crippen LogP contribution in [-0.4, -0.2) is 35.0 Å². The molecule has 0 bridgehead atoms. The van der Waals surface area contributed by atoms with Gasteiger partial charge in [-0.1, -0.05) is 106 Å². The lowest BCUT2D eigenvalue weighted by atomic mass is 9.99. The first-order valence-electron chi connectivity index (χ1n) is 13.3. The van der Waals surface area contributed by atoms with Crippen molar-refractivity contribution in [1.29, 1.82) is 0 Å².